The Labute approximate surface area is 103 Å². The highest BCUT2D eigenvalue weighted by Crippen LogP contribution is 2.27. The van der Waals surface area contributed by atoms with Gasteiger partial charge < -0.3 is 5.11 Å². The average Bonchev–Trinajstić information content (AvgIpc) is 2.15. The van der Waals surface area contributed by atoms with Crippen molar-refractivity contribution in [3.63, 3.8) is 0 Å². The fourth-order valence-corrected chi connectivity index (χ4v) is 2.26. The minimum absolute atomic E-state index is 0.331. The van der Waals surface area contributed by atoms with Crippen molar-refractivity contribution in [3.05, 3.63) is 31.4 Å². The first-order chi connectivity index (χ1) is 6.91. The summed E-state index contributed by atoms with van der Waals surface area (Å²) >= 11 is 2.13. The molecule has 2 nitrogen and oxygen atoms in total. The molecule has 0 heterocycles. The van der Waals surface area contributed by atoms with Crippen molar-refractivity contribution in [2.45, 2.75) is 20.8 Å². The lowest BCUT2D eigenvalue weighted by Crippen LogP contribution is -2.08. The predicted octanol–water partition coefficient (Wildman–Crippen LogP) is 2.90. The van der Waals surface area contributed by atoms with E-state index in [1.807, 2.05) is 13.8 Å². The molecule has 0 saturated heterocycles. The van der Waals surface area contributed by atoms with Crippen molar-refractivity contribution in [2.24, 2.45) is 0 Å². The summed E-state index contributed by atoms with van der Waals surface area (Å²) in [5.41, 5.74) is 3.48. The molecule has 0 atom stereocenters. The molecule has 0 aliphatic rings. The predicted molar refractivity (Wildman–Crippen MR) is 68.3 cm³/mol. The normalized spacial score (nSPS) is 9.80. The lowest BCUT2D eigenvalue weighted by atomic mass is 9.94. The highest BCUT2D eigenvalue weighted by atomic mass is 127. The highest BCUT2D eigenvalue weighted by Gasteiger charge is 2.18. The first-order valence-electron chi connectivity index (χ1n) is 4.41. The third-order valence-electron chi connectivity index (χ3n) is 2.52. The summed E-state index contributed by atoms with van der Waals surface area (Å²) in [7, 11) is 0. The van der Waals surface area contributed by atoms with E-state index in [4.69, 9.17) is 11.5 Å². The average molecular weight is 314 g/mol. The molecular weight excluding hydrogens is 303 g/mol. The van der Waals surface area contributed by atoms with Crippen molar-refractivity contribution in [1.29, 1.82) is 0 Å². The molecule has 0 bridgehead atoms. The Morgan fingerprint density at radius 3 is 2.20 bits per heavy atom. The summed E-state index contributed by atoms with van der Waals surface area (Å²) in [5, 5.41) is 9.11. The molecule has 1 aromatic rings. The van der Waals surface area contributed by atoms with Crippen LogP contribution in [0.25, 0.3) is 0 Å². The SMILES string of the molecule is C#Cc1c(C)c(I)c(C)c(C(=O)O)c1C. The van der Waals surface area contributed by atoms with E-state index in [2.05, 4.69) is 28.5 Å². The number of rotatable bonds is 1. The van der Waals surface area contributed by atoms with E-state index >= 15 is 0 Å². The second-order valence-corrected chi connectivity index (χ2v) is 4.47. The van der Waals surface area contributed by atoms with E-state index in [1.165, 1.54) is 0 Å². The zero-order chi connectivity index (χ0) is 11.7. The molecule has 0 unspecified atom stereocenters. The van der Waals surface area contributed by atoms with Gasteiger partial charge in [-0.15, -0.1) is 6.42 Å². The van der Waals surface area contributed by atoms with Gasteiger partial charge in [0, 0.05) is 9.13 Å². The van der Waals surface area contributed by atoms with Crippen LogP contribution in [0.15, 0.2) is 0 Å². The van der Waals surface area contributed by atoms with Crippen LogP contribution in [0.5, 0.6) is 0 Å². The summed E-state index contributed by atoms with van der Waals surface area (Å²) in [6.45, 7) is 5.49. The molecule has 0 spiro atoms. The van der Waals surface area contributed by atoms with Crippen LogP contribution in [0.3, 0.4) is 0 Å². The van der Waals surface area contributed by atoms with Gasteiger partial charge in [0.25, 0.3) is 0 Å². The smallest absolute Gasteiger partial charge is 0.336 e. The van der Waals surface area contributed by atoms with E-state index in [0.717, 1.165) is 14.7 Å². The minimum atomic E-state index is -0.917. The molecule has 0 saturated carbocycles. The monoisotopic (exact) mass is 314 g/mol. The fourth-order valence-electron chi connectivity index (χ4n) is 1.73. The Balaban J connectivity index is 3.78. The van der Waals surface area contributed by atoms with Crippen LogP contribution >= 0.6 is 22.6 Å². The number of benzene rings is 1. The Kier molecular flexibility index (Phi) is 3.40. The topological polar surface area (TPSA) is 37.3 Å². The van der Waals surface area contributed by atoms with Gasteiger partial charge in [-0.05, 0) is 60.1 Å². The Morgan fingerprint density at radius 2 is 1.80 bits per heavy atom. The molecule has 0 aromatic heterocycles. The van der Waals surface area contributed by atoms with Gasteiger partial charge in [0.05, 0.1) is 5.56 Å². The number of carboxylic acid groups (broad SMARTS) is 1. The summed E-state index contributed by atoms with van der Waals surface area (Å²) in [4.78, 5) is 11.1. The van der Waals surface area contributed by atoms with Crippen LogP contribution in [0.2, 0.25) is 0 Å². The molecule has 1 N–H and O–H groups in total. The third kappa shape index (κ3) is 1.86. The van der Waals surface area contributed by atoms with Gasteiger partial charge in [-0.25, -0.2) is 4.79 Å². The summed E-state index contributed by atoms with van der Waals surface area (Å²) in [5.74, 6) is 1.64. The van der Waals surface area contributed by atoms with Crippen LogP contribution in [-0.2, 0) is 0 Å². The number of hydrogen-bond acceptors (Lipinski definition) is 1. The maximum absolute atomic E-state index is 11.1. The Morgan fingerprint density at radius 1 is 1.27 bits per heavy atom. The van der Waals surface area contributed by atoms with Crippen LogP contribution in [0, 0.1) is 36.7 Å². The molecule has 0 fully saturated rings. The zero-order valence-electron chi connectivity index (χ0n) is 8.81. The quantitative estimate of drug-likeness (QED) is 0.639. The number of halogens is 1. The minimum Gasteiger partial charge on any atom is -0.478 e. The van der Waals surface area contributed by atoms with Crippen LogP contribution in [0.1, 0.15) is 32.6 Å². The van der Waals surface area contributed by atoms with Crippen molar-refractivity contribution in [3.8, 4) is 12.3 Å². The van der Waals surface area contributed by atoms with Gasteiger partial charge >= 0.3 is 5.97 Å². The lowest BCUT2D eigenvalue weighted by molar-refractivity contribution is 0.0695. The second kappa shape index (κ2) is 4.23. The van der Waals surface area contributed by atoms with Gasteiger partial charge in [0.15, 0.2) is 0 Å². The van der Waals surface area contributed by atoms with E-state index in [9.17, 15) is 4.79 Å². The van der Waals surface area contributed by atoms with Crippen molar-refractivity contribution < 1.29 is 9.90 Å². The maximum Gasteiger partial charge on any atom is 0.336 e. The van der Waals surface area contributed by atoms with Gasteiger partial charge in [-0.1, -0.05) is 5.92 Å². The molecule has 3 heteroatoms. The zero-order valence-corrected chi connectivity index (χ0v) is 11.0. The van der Waals surface area contributed by atoms with Crippen LogP contribution in [0.4, 0.5) is 0 Å². The van der Waals surface area contributed by atoms with Crippen LogP contribution in [-0.4, -0.2) is 11.1 Å². The van der Waals surface area contributed by atoms with Crippen molar-refractivity contribution in [1.82, 2.24) is 0 Å². The maximum atomic E-state index is 11.1. The van der Waals surface area contributed by atoms with E-state index < -0.39 is 5.97 Å². The first kappa shape index (κ1) is 12.1. The number of terminal acetylenes is 1. The first-order valence-corrected chi connectivity index (χ1v) is 5.48. The largest absolute Gasteiger partial charge is 0.478 e. The van der Waals surface area contributed by atoms with Gasteiger partial charge in [-0.2, -0.15) is 0 Å². The Hall–Kier alpha value is -1.02. The van der Waals surface area contributed by atoms with E-state index in [1.54, 1.807) is 6.92 Å². The lowest BCUT2D eigenvalue weighted by Gasteiger charge is -2.13. The summed E-state index contributed by atoms with van der Waals surface area (Å²) < 4.78 is 0.934. The van der Waals surface area contributed by atoms with E-state index in [-0.39, 0.29) is 0 Å². The molecule has 15 heavy (non-hydrogen) atoms. The molecule has 0 amide bonds. The summed E-state index contributed by atoms with van der Waals surface area (Å²) in [6, 6.07) is 0. The molecular formula is C12H11IO2. The fraction of sp³-hybridized carbons (Fsp3) is 0.250. The number of carboxylic acids is 1. The Bertz CT molecular complexity index is 482. The van der Waals surface area contributed by atoms with Crippen molar-refractivity contribution in [2.75, 3.05) is 0 Å². The summed E-state index contributed by atoms with van der Waals surface area (Å²) in [6.07, 6.45) is 5.39. The van der Waals surface area contributed by atoms with Gasteiger partial charge in [0.2, 0.25) is 0 Å². The molecule has 78 valence electrons. The highest BCUT2D eigenvalue weighted by molar-refractivity contribution is 14.1. The third-order valence-corrected chi connectivity index (χ3v) is 4.13. The molecule has 1 aromatic carbocycles. The molecule has 0 aliphatic heterocycles. The molecule has 0 aliphatic carbocycles. The second-order valence-electron chi connectivity index (χ2n) is 3.39. The number of aromatic carboxylic acids is 1. The molecule has 0 radical (unpaired) electrons. The van der Waals surface area contributed by atoms with Crippen molar-refractivity contribution >= 4 is 28.6 Å². The van der Waals surface area contributed by atoms with Gasteiger partial charge in [0.1, 0.15) is 0 Å². The molecule has 1 rings (SSSR count). The standard InChI is InChI=1S/C12H11IO2/c1-5-9-6(2)10(12(14)15)8(4)11(13)7(9)3/h1H,2-4H3,(H,14,15). The number of carbonyl (C=O) groups is 1. The van der Waals surface area contributed by atoms with E-state index in [0.29, 0.717) is 16.7 Å². The van der Waals surface area contributed by atoms with Crippen LogP contribution < -0.4 is 0 Å². The number of hydrogen-bond donors (Lipinski definition) is 1. The van der Waals surface area contributed by atoms with Gasteiger partial charge in [-0.3, -0.25) is 0 Å².